The molecule has 7 nitrogen and oxygen atoms in total. The standard InChI is InChI=1S/C31H37FN6O/c1-5-8-21(3)28-33-29(27-22(4)35-38(30(27)34-28)26-15-13-25(32)14-16-26)36-17-7-18-37(20-19-36)31(39)24-11-9-23(6-2)10-12-24/h9-16,21H,5-8,17-20H2,1-4H3/t21-/m1/s1. The average Bonchev–Trinajstić information content (AvgIpc) is 3.12. The number of hydrogen-bond donors (Lipinski definition) is 0. The predicted octanol–water partition coefficient (Wildman–Crippen LogP) is 6.08. The molecule has 204 valence electrons. The second kappa shape index (κ2) is 11.5. The molecule has 1 atom stereocenters. The SMILES string of the molecule is CCC[C@@H](C)c1nc(N2CCCN(C(=O)c3ccc(CC)cc3)CC2)c2c(C)nn(-c3ccc(F)cc3)c2n1. The summed E-state index contributed by atoms with van der Waals surface area (Å²) in [6.07, 6.45) is 3.81. The van der Waals surface area contributed by atoms with Crippen molar-refractivity contribution in [3.05, 3.63) is 77.0 Å². The van der Waals surface area contributed by atoms with Crippen LogP contribution < -0.4 is 4.90 Å². The number of carbonyl (C=O) groups is 1. The zero-order valence-corrected chi connectivity index (χ0v) is 23.3. The molecule has 4 aromatic rings. The number of fused-ring (bicyclic) bond motifs is 1. The van der Waals surface area contributed by atoms with Gasteiger partial charge >= 0.3 is 0 Å². The van der Waals surface area contributed by atoms with Gasteiger partial charge in [0.15, 0.2) is 5.65 Å². The van der Waals surface area contributed by atoms with E-state index in [4.69, 9.17) is 15.1 Å². The molecule has 1 fully saturated rings. The Morgan fingerprint density at radius 1 is 0.974 bits per heavy atom. The fourth-order valence-electron chi connectivity index (χ4n) is 5.35. The van der Waals surface area contributed by atoms with Crippen LogP contribution in [0.15, 0.2) is 48.5 Å². The van der Waals surface area contributed by atoms with E-state index in [2.05, 4.69) is 25.7 Å². The molecule has 0 spiro atoms. The summed E-state index contributed by atoms with van der Waals surface area (Å²) in [5, 5.41) is 5.72. The molecule has 0 saturated carbocycles. The highest BCUT2D eigenvalue weighted by Crippen LogP contribution is 2.32. The fraction of sp³-hybridized carbons (Fsp3) is 0.419. The Morgan fingerprint density at radius 2 is 1.72 bits per heavy atom. The minimum absolute atomic E-state index is 0.0740. The van der Waals surface area contributed by atoms with Crippen molar-refractivity contribution in [2.24, 2.45) is 0 Å². The molecule has 1 saturated heterocycles. The topological polar surface area (TPSA) is 67.2 Å². The van der Waals surface area contributed by atoms with Gasteiger partial charge in [-0.05, 0) is 68.1 Å². The molecule has 0 N–H and O–H groups in total. The van der Waals surface area contributed by atoms with E-state index in [1.54, 1.807) is 16.8 Å². The first kappa shape index (κ1) is 26.8. The van der Waals surface area contributed by atoms with Crippen LogP contribution in [0.1, 0.15) is 73.4 Å². The first-order chi connectivity index (χ1) is 18.9. The van der Waals surface area contributed by atoms with Crippen molar-refractivity contribution in [1.29, 1.82) is 0 Å². The lowest BCUT2D eigenvalue weighted by Crippen LogP contribution is -2.35. The van der Waals surface area contributed by atoms with Gasteiger partial charge in [0, 0.05) is 37.7 Å². The zero-order valence-electron chi connectivity index (χ0n) is 23.3. The number of anilines is 1. The summed E-state index contributed by atoms with van der Waals surface area (Å²) in [6, 6.07) is 14.3. The van der Waals surface area contributed by atoms with Gasteiger partial charge in [-0.3, -0.25) is 4.79 Å². The third kappa shape index (κ3) is 5.51. The minimum Gasteiger partial charge on any atom is -0.354 e. The number of benzene rings is 2. The van der Waals surface area contributed by atoms with Crippen molar-refractivity contribution in [2.75, 3.05) is 31.1 Å². The van der Waals surface area contributed by atoms with Crippen LogP contribution in [0.3, 0.4) is 0 Å². The maximum Gasteiger partial charge on any atom is 0.253 e. The van der Waals surface area contributed by atoms with Crippen LogP contribution >= 0.6 is 0 Å². The maximum absolute atomic E-state index is 13.7. The summed E-state index contributed by atoms with van der Waals surface area (Å²) in [5.41, 5.74) is 4.28. The van der Waals surface area contributed by atoms with Crippen LogP contribution in [-0.2, 0) is 6.42 Å². The van der Waals surface area contributed by atoms with E-state index in [-0.39, 0.29) is 17.6 Å². The van der Waals surface area contributed by atoms with E-state index < -0.39 is 0 Å². The summed E-state index contributed by atoms with van der Waals surface area (Å²) >= 11 is 0. The first-order valence-corrected chi connectivity index (χ1v) is 14.1. The van der Waals surface area contributed by atoms with E-state index in [1.807, 2.05) is 36.1 Å². The number of amides is 1. The molecular weight excluding hydrogens is 491 g/mol. The van der Waals surface area contributed by atoms with Gasteiger partial charge in [-0.2, -0.15) is 5.10 Å². The van der Waals surface area contributed by atoms with Crippen LogP contribution in [0.5, 0.6) is 0 Å². The normalized spacial score (nSPS) is 15.0. The Morgan fingerprint density at radius 3 is 2.41 bits per heavy atom. The number of hydrogen-bond acceptors (Lipinski definition) is 5. The van der Waals surface area contributed by atoms with Crippen molar-refractivity contribution in [3.63, 3.8) is 0 Å². The van der Waals surface area contributed by atoms with Gasteiger partial charge < -0.3 is 9.80 Å². The van der Waals surface area contributed by atoms with Crippen molar-refractivity contribution in [2.45, 2.75) is 59.3 Å². The van der Waals surface area contributed by atoms with Crippen molar-refractivity contribution < 1.29 is 9.18 Å². The molecule has 1 aliphatic rings. The second-order valence-corrected chi connectivity index (χ2v) is 10.5. The average molecular weight is 529 g/mol. The number of aromatic nitrogens is 4. The van der Waals surface area contributed by atoms with Gasteiger partial charge in [0.1, 0.15) is 17.5 Å². The molecule has 1 aliphatic heterocycles. The van der Waals surface area contributed by atoms with Gasteiger partial charge in [-0.25, -0.2) is 19.0 Å². The van der Waals surface area contributed by atoms with Gasteiger partial charge in [0.2, 0.25) is 0 Å². The van der Waals surface area contributed by atoms with Gasteiger partial charge in [-0.15, -0.1) is 0 Å². The Hall–Kier alpha value is -3.81. The molecule has 0 radical (unpaired) electrons. The van der Waals surface area contributed by atoms with Gasteiger partial charge in [-0.1, -0.05) is 39.3 Å². The van der Waals surface area contributed by atoms with E-state index in [0.717, 1.165) is 71.8 Å². The largest absolute Gasteiger partial charge is 0.354 e. The van der Waals surface area contributed by atoms with Crippen molar-refractivity contribution in [3.8, 4) is 5.69 Å². The number of nitrogens with zero attached hydrogens (tertiary/aromatic N) is 6. The molecular formula is C31H37FN6O. The number of carbonyl (C=O) groups excluding carboxylic acids is 1. The lowest BCUT2D eigenvalue weighted by Gasteiger charge is -2.24. The Labute approximate surface area is 229 Å². The first-order valence-electron chi connectivity index (χ1n) is 14.1. The van der Waals surface area contributed by atoms with Crippen molar-refractivity contribution in [1.82, 2.24) is 24.6 Å². The summed E-state index contributed by atoms with van der Waals surface area (Å²) in [7, 11) is 0. The Bertz CT molecular complexity index is 1450. The van der Waals surface area contributed by atoms with Gasteiger partial charge in [0.05, 0.1) is 16.8 Å². The third-order valence-electron chi connectivity index (χ3n) is 7.63. The van der Waals surface area contributed by atoms with E-state index in [0.29, 0.717) is 19.6 Å². The number of halogens is 1. The van der Waals surface area contributed by atoms with Crippen LogP contribution in [0, 0.1) is 12.7 Å². The summed E-state index contributed by atoms with van der Waals surface area (Å²) in [6.45, 7) is 11.2. The lowest BCUT2D eigenvalue weighted by atomic mass is 10.1. The predicted molar refractivity (Wildman–Crippen MR) is 153 cm³/mol. The molecule has 0 bridgehead atoms. The van der Waals surface area contributed by atoms with Crippen LogP contribution in [0.25, 0.3) is 16.7 Å². The Balaban J connectivity index is 1.50. The van der Waals surface area contributed by atoms with Gasteiger partial charge in [0.25, 0.3) is 5.91 Å². The maximum atomic E-state index is 13.7. The second-order valence-electron chi connectivity index (χ2n) is 10.5. The van der Waals surface area contributed by atoms with Crippen LogP contribution in [0.4, 0.5) is 10.2 Å². The van der Waals surface area contributed by atoms with E-state index >= 15 is 0 Å². The van der Waals surface area contributed by atoms with E-state index in [1.165, 1.54) is 17.7 Å². The highest BCUT2D eigenvalue weighted by Gasteiger charge is 2.26. The molecule has 0 aliphatic carbocycles. The molecule has 2 aromatic heterocycles. The summed E-state index contributed by atoms with van der Waals surface area (Å²) < 4.78 is 15.5. The molecule has 39 heavy (non-hydrogen) atoms. The summed E-state index contributed by atoms with van der Waals surface area (Å²) in [4.78, 5) is 27.6. The monoisotopic (exact) mass is 528 g/mol. The number of rotatable bonds is 7. The molecule has 8 heteroatoms. The lowest BCUT2D eigenvalue weighted by molar-refractivity contribution is 0.0767. The van der Waals surface area contributed by atoms with Crippen molar-refractivity contribution >= 4 is 22.8 Å². The zero-order chi connectivity index (χ0) is 27.5. The van der Waals surface area contributed by atoms with E-state index in [9.17, 15) is 9.18 Å². The third-order valence-corrected chi connectivity index (χ3v) is 7.63. The molecule has 2 aromatic carbocycles. The smallest absolute Gasteiger partial charge is 0.253 e. The van der Waals surface area contributed by atoms with Crippen LogP contribution in [-0.4, -0.2) is 56.7 Å². The van der Waals surface area contributed by atoms with Crippen LogP contribution in [0.2, 0.25) is 0 Å². The molecule has 5 rings (SSSR count). The summed E-state index contributed by atoms with van der Waals surface area (Å²) in [5.74, 6) is 1.63. The molecule has 1 amide bonds. The number of aryl methyl sites for hydroxylation is 2. The molecule has 0 unspecified atom stereocenters. The Kier molecular flexibility index (Phi) is 7.91. The highest BCUT2D eigenvalue weighted by molar-refractivity contribution is 5.94. The minimum atomic E-state index is -0.288. The quantitative estimate of drug-likeness (QED) is 0.291. The molecule has 3 heterocycles. The fourth-order valence-corrected chi connectivity index (χ4v) is 5.35. The highest BCUT2D eigenvalue weighted by atomic mass is 19.1.